The zero-order chi connectivity index (χ0) is 4.50. The second kappa shape index (κ2) is 2.36. The average Bonchev–Trinajstić information content (AvgIpc) is 0.722. The van der Waals surface area contributed by atoms with Crippen molar-refractivity contribution in [3.63, 3.8) is 0 Å². The van der Waals surface area contributed by atoms with Gasteiger partial charge in [0.1, 0.15) is 0 Å². The van der Waals surface area contributed by atoms with Gasteiger partial charge >= 0.3 is 31.1 Å². The van der Waals surface area contributed by atoms with E-state index in [2.05, 4.69) is 0 Å². The van der Waals surface area contributed by atoms with Crippen LogP contribution in [0.25, 0.3) is 0 Å². The Labute approximate surface area is 37.3 Å². The van der Waals surface area contributed by atoms with Crippen LogP contribution < -0.4 is 0 Å². The molecule has 0 aromatic heterocycles. The fourth-order valence-corrected chi connectivity index (χ4v) is 0. The maximum atomic E-state index is 8.85. The summed E-state index contributed by atoms with van der Waals surface area (Å²) in [6.07, 6.45) is 0. The normalized spacial score (nSPS) is 9.67. The molecule has 6 heteroatoms. The Hall–Kier alpha value is 0.168. The average molecular weight is 180 g/mol. The van der Waals surface area contributed by atoms with E-state index in [0.29, 0.717) is 0 Å². The topological polar surface area (TPSA) is 106 Å². The molecule has 40 valence electrons. The molecule has 0 atom stereocenters. The molecule has 0 aliphatic carbocycles. The van der Waals surface area contributed by atoms with Crippen molar-refractivity contribution in [2.75, 3.05) is 0 Å². The summed E-state index contributed by atoms with van der Waals surface area (Å²) in [5.41, 5.74) is 0. The molecule has 0 fully saturated rings. The third-order valence-electron chi connectivity index (χ3n) is 0. The fourth-order valence-electron chi connectivity index (χ4n) is 0. The van der Waals surface area contributed by atoms with Crippen molar-refractivity contribution < 1.29 is 36.5 Å². The van der Waals surface area contributed by atoms with E-state index < -0.39 is 16.7 Å². The van der Waals surface area contributed by atoms with Crippen molar-refractivity contribution in [1.82, 2.24) is 0 Å². The van der Waals surface area contributed by atoms with E-state index in [1.54, 1.807) is 0 Å². The van der Waals surface area contributed by atoms with Crippen LogP contribution in [0.5, 0.6) is 0 Å². The minimum atomic E-state index is -5.52. The summed E-state index contributed by atoms with van der Waals surface area (Å²) >= 11 is -5.52. The van der Waals surface area contributed by atoms with Gasteiger partial charge in [-0.05, 0) is 0 Å². The molecule has 0 amide bonds. The molecule has 0 aromatic rings. The van der Waals surface area contributed by atoms with Crippen LogP contribution in [0.15, 0.2) is 0 Å². The zero-order valence-electron chi connectivity index (χ0n) is 2.62. The van der Waals surface area contributed by atoms with Gasteiger partial charge in [-0.3, -0.25) is 0 Å². The van der Waals surface area contributed by atoms with Gasteiger partial charge in [-0.1, -0.05) is 0 Å². The summed E-state index contributed by atoms with van der Waals surface area (Å²) in [7, 11) is 0. The molecule has 0 rings (SSSR count). The van der Waals surface area contributed by atoms with Crippen molar-refractivity contribution in [2.24, 2.45) is 0 Å². The Morgan fingerprint density at radius 1 is 1.17 bits per heavy atom. The van der Waals surface area contributed by atoms with Gasteiger partial charge in [0.2, 0.25) is 0 Å². The van der Waals surface area contributed by atoms with E-state index in [0.717, 1.165) is 0 Å². The second-order valence-electron chi connectivity index (χ2n) is 0.448. The Kier molecular flexibility index (Phi) is 3.73. The first-order valence-corrected chi connectivity index (χ1v) is 4.13. The summed E-state index contributed by atoms with van der Waals surface area (Å²) in [6.45, 7) is 0. The Bertz CT molecular complexity index is 87.1. The first-order chi connectivity index (χ1) is 2.00. The minimum absolute atomic E-state index is 0. The van der Waals surface area contributed by atoms with Gasteiger partial charge in [0.05, 0.1) is 0 Å². The predicted molar refractivity (Wildman–Crippen MR) is 9.42 cm³/mol. The van der Waals surface area contributed by atoms with Crippen LogP contribution >= 0.6 is 0 Å². The van der Waals surface area contributed by atoms with Crippen molar-refractivity contribution in [1.29, 1.82) is 0 Å². The zero-order valence-corrected chi connectivity index (χ0v) is 4.63. The van der Waals surface area contributed by atoms with E-state index in [9.17, 15) is 0 Å². The van der Waals surface area contributed by atoms with Gasteiger partial charge < -0.3 is 5.48 Å². The summed E-state index contributed by atoms with van der Waals surface area (Å²) in [5, 5.41) is 0. The molecule has 6 heavy (non-hydrogen) atoms. The molecule has 0 saturated heterocycles. The van der Waals surface area contributed by atoms with Crippen LogP contribution in [0.2, 0.25) is 0 Å². The van der Waals surface area contributed by atoms with Crippen molar-refractivity contribution >= 4 is 0 Å². The summed E-state index contributed by atoms with van der Waals surface area (Å²) in [5.74, 6) is 0. The van der Waals surface area contributed by atoms with Gasteiger partial charge in [0.25, 0.3) is 0 Å². The quantitative estimate of drug-likeness (QED) is 0.413. The van der Waals surface area contributed by atoms with Gasteiger partial charge in [-0.2, -0.15) is 0 Å². The number of hydrogen-bond acceptors (Lipinski definition) is 2. The Morgan fingerprint density at radius 3 is 1.17 bits per heavy atom. The second-order valence-corrected chi connectivity index (χ2v) is 2.65. The van der Waals surface area contributed by atoms with Crippen molar-refractivity contribution in [3.05, 3.63) is 0 Å². The first-order valence-electron chi connectivity index (χ1n) is 0.698. The predicted octanol–water partition coefficient (Wildman–Crippen LogP) is -2.18. The van der Waals surface area contributed by atoms with E-state index >= 15 is 0 Å². The SMILES string of the molecule is O.[O]=[Mo](=[O])([OH])[OH]. The first kappa shape index (κ1) is 9.48. The van der Waals surface area contributed by atoms with Crippen molar-refractivity contribution in [3.8, 4) is 0 Å². The van der Waals surface area contributed by atoms with Gasteiger partial charge in [-0.15, -0.1) is 0 Å². The van der Waals surface area contributed by atoms with E-state index in [1.165, 1.54) is 0 Å². The van der Waals surface area contributed by atoms with Gasteiger partial charge in [-0.25, -0.2) is 0 Å². The molecular formula is H4MoO5. The van der Waals surface area contributed by atoms with E-state index in [4.69, 9.17) is 14.3 Å². The molecule has 0 bridgehead atoms. The van der Waals surface area contributed by atoms with Crippen LogP contribution in [0, 0.1) is 0 Å². The molecule has 0 heterocycles. The Balaban J connectivity index is 0. The maximum absolute atomic E-state index is 8.85. The molecular weight excluding hydrogens is 176 g/mol. The fraction of sp³-hybridized carbons (Fsp3) is 0. The van der Waals surface area contributed by atoms with Crippen LogP contribution in [0.1, 0.15) is 0 Å². The third-order valence-corrected chi connectivity index (χ3v) is 0. The summed E-state index contributed by atoms with van der Waals surface area (Å²) in [6, 6.07) is 0. The van der Waals surface area contributed by atoms with Crippen LogP contribution in [0.3, 0.4) is 0 Å². The third kappa shape index (κ3) is 1480. The van der Waals surface area contributed by atoms with Gasteiger partial charge in [0.15, 0.2) is 0 Å². The molecule has 4 N–H and O–H groups in total. The van der Waals surface area contributed by atoms with E-state index in [1.807, 2.05) is 0 Å². The van der Waals surface area contributed by atoms with Crippen LogP contribution in [-0.4, -0.2) is 13.0 Å². The molecule has 0 aliphatic heterocycles. The standard InChI is InChI=1S/Mo.3H2O.2O/h;3*1H2;;/q+2;;;;;/p-2. The molecule has 0 saturated carbocycles. The number of rotatable bonds is 0. The van der Waals surface area contributed by atoms with Crippen LogP contribution in [-0.2, 0) is 23.5 Å². The van der Waals surface area contributed by atoms with E-state index in [-0.39, 0.29) is 5.48 Å². The summed E-state index contributed by atoms with van der Waals surface area (Å²) in [4.78, 5) is 0. The molecule has 0 radical (unpaired) electrons. The van der Waals surface area contributed by atoms with Crippen LogP contribution in [0.4, 0.5) is 0 Å². The molecule has 5 nitrogen and oxygen atoms in total. The van der Waals surface area contributed by atoms with Gasteiger partial charge in [0, 0.05) is 0 Å². The summed E-state index contributed by atoms with van der Waals surface area (Å²) < 4.78 is 32.0. The molecule has 0 aromatic carbocycles. The molecule has 0 unspecified atom stereocenters. The number of hydrogen-bond donors (Lipinski definition) is 2. The molecule has 0 aliphatic rings. The molecule has 0 spiro atoms. The monoisotopic (exact) mass is 182 g/mol. The Morgan fingerprint density at radius 2 is 1.17 bits per heavy atom. The van der Waals surface area contributed by atoms with Crippen molar-refractivity contribution in [2.45, 2.75) is 0 Å².